The highest BCUT2D eigenvalue weighted by molar-refractivity contribution is 6.10. The average molecular weight is 705 g/mol. The molecule has 3 aliphatic rings. The smallest absolute Gasteiger partial charge is 0.282 e. The van der Waals surface area contributed by atoms with Crippen LogP contribution in [0.4, 0.5) is 18.9 Å². The zero-order valence-corrected chi connectivity index (χ0v) is 30.5. The van der Waals surface area contributed by atoms with Gasteiger partial charge in [-0.25, -0.2) is 18.2 Å². The number of fused-ring (bicyclic) bond motifs is 1. The van der Waals surface area contributed by atoms with Crippen LogP contribution in [0.25, 0.3) is 0 Å². The lowest BCUT2D eigenvalue weighted by molar-refractivity contribution is -0.00597. The molecule has 8 nitrogen and oxygen atoms in total. The highest BCUT2D eigenvalue weighted by Crippen LogP contribution is 2.44. The van der Waals surface area contributed by atoms with Crippen LogP contribution >= 0.6 is 0 Å². The molecule has 3 unspecified atom stereocenters. The Balaban J connectivity index is 1.44. The lowest BCUT2D eigenvalue weighted by Gasteiger charge is -2.33. The summed E-state index contributed by atoms with van der Waals surface area (Å²) in [5.41, 5.74) is 1.45. The number of ketones is 1. The fourth-order valence-corrected chi connectivity index (χ4v) is 7.04. The Kier molecular flexibility index (Phi) is 10.7. The van der Waals surface area contributed by atoms with E-state index >= 15 is 13.2 Å². The molecule has 2 aliphatic heterocycles. The van der Waals surface area contributed by atoms with E-state index in [-0.39, 0.29) is 46.1 Å². The van der Waals surface area contributed by atoms with Crippen LogP contribution in [-0.2, 0) is 5.54 Å². The Morgan fingerprint density at radius 2 is 1.90 bits per heavy atom. The van der Waals surface area contributed by atoms with Crippen molar-refractivity contribution in [2.45, 2.75) is 90.6 Å². The van der Waals surface area contributed by atoms with Crippen molar-refractivity contribution in [1.29, 1.82) is 0 Å². The first-order chi connectivity index (χ1) is 24.0. The summed E-state index contributed by atoms with van der Waals surface area (Å²) in [6.45, 7) is 16.1. The summed E-state index contributed by atoms with van der Waals surface area (Å²) in [4.78, 5) is 37.0. The topological polar surface area (TPSA) is 92.6 Å². The highest BCUT2D eigenvalue weighted by Gasteiger charge is 2.51. The number of rotatable bonds is 9. The number of methoxy groups -OCH3 is 1. The van der Waals surface area contributed by atoms with Gasteiger partial charge in [0, 0.05) is 13.1 Å². The number of guanidine groups is 1. The van der Waals surface area contributed by atoms with Gasteiger partial charge >= 0.3 is 0 Å². The number of hydrogen-bond donors (Lipinski definition) is 1. The van der Waals surface area contributed by atoms with Crippen LogP contribution in [0.3, 0.4) is 0 Å². The SMILES string of the molecule is C=C(CC1CCC=C(C)CCC1)C(=O)c1cc(OC)c(NC2=NC(C)C(C(F)(F)C(=C)C)C(Oc3cccc4c3C(=O)N(C)C4(C)C)=N2)cc1F. The maximum atomic E-state index is 15.7. The van der Waals surface area contributed by atoms with Crippen molar-refractivity contribution in [1.82, 2.24) is 4.90 Å². The first-order valence-corrected chi connectivity index (χ1v) is 17.3. The van der Waals surface area contributed by atoms with Crippen LogP contribution in [-0.4, -0.2) is 54.6 Å². The number of carbonyl (C=O) groups excluding carboxylic acids is 2. The molecule has 0 fully saturated rings. The van der Waals surface area contributed by atoms with Gasteiger partial charge in [-0.3, -0.25) is 9.59 Å². The Bertz CT molecular complexity index is 1860. The summed E-state index contributed by atoms with van der Waals surface area (Å²) in [6, 6.07) is 6.30. The van der Waals surface area contributed by atoms with Gasteiger partial charge in [0.25, 0.3) is 11.8 Å². The molecule has 0 spiro atoms. The molecule has 272 valence electrons. The summed E-state index contributed by atoms with van der Waals surface area (Å²) in [7, 11) is 3.03. The van der Waals surface area contributed by atoms with Gasteiger partial charge in [0.1, 0.15) is 23.2 Å². The van der Waals surface area contributed by atoms with E-state index in [2.05, 4.69) is 41.5 Å². The fraction of sp³-hybridized carbons (Fsp3) is 0.450. The minimum atomic E-state index is -3.48. The number of allylic oxidation sites excluding steroid dienone is 4. The molecule has 2 heterocycles. The molecule has 0 bridgehead atoms. The summed E-state index contributed by atoms with van der Waals surface area (Å²) in [5.74, 6) is -6.89. The quantitative estimate of drug-likeness (QED) is 0.160. The van der Waals surface area contributed by atoms with Crippen LogP contribution < -0.4 is 14.8 Å². The second kappa shape index (κ2) is 14.5. The molecule has 1 aliphatic carbocycles. The summed E-state index contributed by atoms with van der Waals surface area (Å²) < 4.78 is 58.8. The zero-order chi connectivity index (χ0) is 37.4. The van der Waals surface area contributed by atoms with Crippen LogP contribution in [0.5, 0.6) is 11.5 Å². The molecule has 0 saturated carbocycles. The minimum Gasteiger partial charge on any atom is -0.495 e. The van der Waals surface area contributed by atoms with Gasteiger partial charge in [-0.1, -0.05) is 36.9 Å². The molecule has 2 aromatic rings. The van der Waals surface area contributed by atoms with Gasteiger partial charge in [-0.15, -0.1) is 0 Å². The Labute approximate surface area is 298 Å². The lowest BCUT2D eigenvalue weighted by atomic mass is 9.85. The maximum absolute atomic E-state index is 15.7. The number of Topliss-reactive ketones (excluding diaryl/α,β-unsaturated/α-hetero) is 1. The van der Waals surface area contributed by atoms with Gasteiger partial charge in [-0.05, 0) is 108 Å². The maximum Gasteiger partial charge on any atom is 0.282 e. The Morgan fingerprint density at radius 3 is 2.59 bits per heavy atom. The van der Waals surface area contributed by atoms with E-state index in [1.54, 1.807) is 24.1 Å². The monoisotopic (exact) mass is 704 g/mol. The highest BCUT2D eigenvalue weighted by atomic mass is 19.3. The largest absolute Gasteiger partial charge is 0.495 e. The number of benzene rings is 2. The first-order valence-electron chi connectivity index (χ1n) is 17.3. The summed E-state index contributed by atoms with van der Waals surface area (Å²) >= 11 is 0. The minimum absolute atomic E-state index is 0.0673. The van der Waals surface area contributed by atoms with Crippen LogP contribution in [0.2, 0.25) is 0 Å². The Hall–Kier alpha value is -4.67. The van der Waals surface area contributed by atoms with E-state index < -0.39 is 46.5 Å². The fourth-order valence-electron chi connectivity index (χ4n) is 7.04. The predicted molar refractivity (Wildman–Crippen MR) is 195 cm³/mol. The van der Waals surface area contributed by atoms with Crippen molar-refractivity contribution in [3.63, 3.8) is 0 Å². The summed E-state index contributed by atoms with van der Waals surface area (Å²) in [5, 5.41) is 2.88. The van der Waals surface area contributed by atoms with E-state index in [4.69, 9.17) is 9.47 Å². The summed E-state index contributed by atoms with van der Waals surface area (Å²) in [6.07, 6.45) is 7.61. The van der Waals surface area contributed by atoms with Gasteiger partial charge in [-0.2, -0.15) is 4.99 Å². The van der Waals surface area contributed by atoms with E-state index in [1.165, 1.54) is 38.7 Å². The van der Waals surface area contributed by atoms with Crippen molar-refractivity contribution < 1.29 is 32.2 Å². The standard InChI is InChI=1S/C40H47F3N4O4/c1-22(2)40(42,43)34-25(5)44-38(46-36(34)51-31-18-12-17-28-33(31)37(49)47(8)39(28,6)7)45-30-21-29(41)27(20-32(30)50-9)35(48)24(4)19-26-15-10-13-23(3)14-11-16-26/h12-13,17-18,20-21,25-26,34H,1,4,10-11,14-16,19H2,2-3,5-9H3,(H,44,45). The van der Waals surface area contributed by atoms with Crippen molar-refractivity contribution in [3.05, 3.63) is 88.8 Å². The predicted octanol–water partition coefficient (Wildman–Crippen LogP) is 9.29. The van der Waals surface area contributed by atoms with Crippen molar-refractivity contribution in [2.75, 3.05) is 19.5 Å². The second-order valence-corrected chi connectivity index (χ2v) is 14.4. The van der Waals surface area contributed by atoms with Gasteiger partial charge in [0.2, 0.25) is 11.9 Å². The number of hydrogen-bond acceptors (Lipinski definition) is 7. The molecular weight excluding hydrogens is 657 g/mol. The third kappa shape index (κ3) is 7.39. The molecule has 5 rings (SSSR count). The number of anilines is 1. The van der Waals surface area contributed by atoms with Crippen LogP contribution in [0.1, 0.15) is 99.4 Å². The molecule has 11 heteroatoms. The number of nitrogens with zero attached hydrogens (tertiary/aromatic N) is 3. The molecule has 0 radical (unpaired) electrons. The van der Waals surface area contributed by atoms with Crippen molar-refractivity contribution >= 4 is 29.2 Å². The number of ether oxygens (including phenoxy) is 2. The zero-order valence-electron chi connectivity index (χ0n) is 30.5. The Morgan fingerprint density at radius 1 is 1.18 bits per heavy atom. The molecule has 51 heavy (non-hydrogen) atoms. The molecule has 2 aromatic carbocycles. The van der Waals surface area contributed by atoms with E-state index in [1.807, 2.05) is 13.8 Å². The third-order valence-corrected chi connectivity index (χ3v) is 10.4. The second-order valence-electron chi connectivity index (χ2n) is 14.4. The average Bonchev–Trinajstić information content (AvgIpc) is 3.23. The number of alkyl halides is 2. The van der Waals surface area contributed by atoms with Crippen LogP contribution in [0, 0.1) is 17.7 Å². The van der Waals surface area contributed by atoms with E-state index in [9.17, 15) is 9.59 Å². The first kappa shape index (κ1) is 37.6. The normalized spacial score (nSPS) is 21.8. The van der Waals surface area contributed by atoms with Gasteiger partial charge < -0.3 is 19.7 Å². The molecule has 0 aromatic heterocycles. The van der Waals surface area contributed by atoms with Crippen LogP contribution in [0.15, 0.2) is 76.3 Å². The number of halogens is 3. The van der Waals surface area contributed by atoms with Crippen molar-refractivity contribution in [2.24, 2.45) is 21.8 Å². The number of carbonyl (C=O) groups is 2. The molecule has 0 saturated heterocycles. The molecule has 3 atom stereocenters. The van der Waals surface area contributed by atoms with Crippen molar-refractivity contribution in [3.8, 4) is 11.5 Å². The third-order valence-electron chi connectivity index (χ3n) is 10.4. The van der Waals surface area contributed by atoms with E-state index in [0.717, 1.165) is 38.2 Å². The molecule has 1 amide bonds. The number of amides is 1. The van der Waals surface area contributed by atoms with E-state index in [0.29, 0.717) is 17.6 Å². The molecular formula is C40H47F3N4O4. The lowest BCUT2D eigenvalue weighted by Crippen LogP contribution is -2.47. The molecule has 1 N–H and O–H groups in total. The van der Waals surface area contributed by atoms with Gasteiger partial charge in [0.05, 0.1) is 35.5 Å². The number of nitrogens with one attached hydrogen (secondary N) is 1. The number of aliphatic imine (C=N–C) groups is 2. The van der Waals surface area contributed by atoms with Gasteiger partial charge in [0.15, 0.2) is 5.78 Å².